The van der Waals surface area contributed by atoms with E-state index < -0.39 is 0 Å². The van der Waals surface area contributed by atoms with Gasteiger partial charge in [0.2, 0.25) is 5.91 Å². The first-order valence-electron chi connectivity index (χ1n) is 4.14. The Morgan fingerprint density at radius 2 is 2.25 bits per heavy atom. The second-order valence-corrected chi connectivity index (χ2v) is 3.38. The van der Waals surface area contributed by atoms with Crippen molar-refractivity contribution >= 4 is 5.91 Å². The van der Waals surface area contributed by atoms with Crippen molar-refractivity contribution in [2.45, 2.75) is 19.9 Å². The molecule has 1 rings (SSSR count). The van der Waals surface area contributed by atoms with Crippen molar-refractivity contribution in [1.82, 2.24) is 10.2 Å². The lowest BCUT2D eigenvalue weighted by Crippen LogP contribution is -2.55. The van der Waals surface area contributed by atoms with E-state index in [0.29, 0.717) is 6.04 Å². The Balaban J connectivity index is 2.26. The summed E-state index contributed by atoms with van der Waals surface area (Å²) in [5.41, 5.74) is 0. The predicted octanol–water partition coefficient (Wildman–Crippen LogP) is 0.0335. The quantitative estimate of drug-likeness (QED) is 0.464. The summed E-state index contributed by atoms with van der Waals surface area (Å²) in [4.78, 5) is 13.4. The van der Waals surface area contributed by atoms with Crippen molar-refractivity contribution in [3.8, 4) is 12.5 Å². The van der Waals surface area contributed by atoms with E-state index in [0.717, 1.165) is 13.1 Å². The highest BCUT2D eigenvalue weighted by molar-refractivity contribution is 5.81. The molecule has 1 N–H and O–H groups in total. The smallest absolute Gasteiger partial charge is 0.237 e. The molecule has 3 heteroatoms. The fourth-order valence-corrected chi connectivity index (χ4v) is 1.27. The SMILES string of the molecule is C#CNC(=O)C1CN(C(C)C)C1. The monoisotopic (exact) mass is 166 g/mol. The zero-order chi connectivity index (χ0) is 9.14. The van der Waals surface area contributed by atoms with E-state index >= 15 is 0 Å². The molecule has 0 unspecified atom stereocenters. The lowest BCUT2D eigenvalue weighted by Gasteiger charge is -2.40. The summed E-state index contributed by atoms with van der Waals surface area (Å²) in [7, 11) is 0. The van der Waals surface area contributed by atoms with Crippen LogP contribution in [0.5, 0.6) is 0 Å². The van der Waals surface area contributed by atoms with Gasteiger partial charge < -0.3 is 0 Å². The van der Waals surface area contributed by atoms with E-state index in [1.54, 1.807) is 0 Å². The van der Waals surface area contributed by atoms with Gasteiger partial charge in [-0.05, 0) is 13.8 Å². The number of carbonyl (C=O) groups is 1. The molecular formula is C9H14N2O. The van der Waals surface area contributed by atoms with Gasteiger partial charge in [0.05, 0.1) is 5.92 Å². The predicted molar refractivity (Wildman–Crippen MR) is 47.2 cm³/mol. The van der Waals surface area contributed by atoms with Crippen LogP contribution in [-0.4, -0.2) is 29.9 Å². The molecule has 1 saturated heterocycles. The maximum Gasteiger partial charge on any atom is 0.237 e. The molecule has 0 bridgehead atoms. The fourth-order valence-electron chi connectivity index (χ4n) is 1.27. The summed E-state index contributed by atoms with van der Waals surface area (Å²) in [5.74, 6) is 0.0813. The summed E-state index contributed by atoms with van der Waals surface area (Å²) >= 11 is 0. The number of rotatable bonds is 2. The molecule has 0 aliphatic carbocycles. The molecule has 12 heavy (non-hydrogen) atoms. The van der Waals surface area contributed by atoms with Crippen LogP contribution in [0.1, 0.15) is 13.8 Å². The van der Waals surface area contributed by atoms with Crippen LogP contribution in [-0.2, 0) is 4.79 Å². The van der Waals surface area contributed by atoms with Crippen molar-refractivity contribution in [2.75, 3.05) is 13.1 Å². The maximum atomic E-state index is 11.1. The van der Waals surface area contributed by atoms with Gasteiger partial charge in [-0.2, -0.15) is 0 Å². The first-order chi connectivity index (χ1) is 5.65. The van der Waals surface area contributed by atoms with E-state index in [2.05, 4.69) is 30.1 Å². The molecule has 0 spiro atoms. The van der Waals surface area contributed by atoms with E-state index in [4.69, 9.17) is 6.42 Å². The minimum absolute atomic E-state index is 0.0191. The van der Waals surface area contributed by atoms with Gasteiger partial charge in [-0.15, -0.1) is 0 Å². The summed E-state index contributed by atoms with van der Waals surface area (Å²) in [6.07, 6.45) is 4.94. The van der Waals surface area contributed by atoms with Crippen LogP contribution in [0.15, 0.2) is 0 Å². The molecule has 1 heterocycles. The zero-order valence-electron chi connectivity index (χ0n) is 7.50. The van der Waals surface area contributed by atoms with Crippen LogP contribution in [0.3, 0.4) is 0 Å². The molecule has 3 nitrogen and oxygen atoms in total. The van der Waals surface area contributed by atoms with Crippen molar-refractivity contribution < 1.29 is 4.79 Å². The van der Waals surface area contributed by atoms with E-state index in [1.165, 1.54) is 0 Å². The van der Waals surface area contributed by atoms with Crippen LogP contribution in [0.2, 0.25) is 0 Å². The average molecular weight is 166 g/mol. The molecule has 0 aromatic carbocycles. The Morgan fingerprint density at radius 1 is 1.67 bits per heavy atom. The largest absolute Gasteiger partial charge is 0.299 e. The van der Waals surface area contributed by atoms with Gasteiger partial charge in [0, 0.05) is 25.2 Å². The second kappa shape index (κ2) is 3.59. The van der Waals surface area contributed by atoms with Crippen LogP contribution in [0.25, 0.3) is 0 Å². The molecule has 1 fully saturated rings. The van der Waals surface area contributed by atoms with E-state index in [1.807, 2.05) is 0 Å². The normalized spacial score (nSPS) is 18.5. The Kier molecular flexibility index (Phi) is 2.72. The molecule has 0 aromatic rings. The summed E-state index contributed by atoms with van der Waals surface area (Å²) < 4.78 is 0. The molecule has 0 saturated carbocycles. The number of nitrogens with zero attached hydrogens (tertiary/aromatic N) is 1. The number of terminal acetylenes is 1. The van der Waals surface area contributed by atoms with Crippen molar-refractivity contribution in [2.24, 2.45) is 5.92 Å². The highest BCUT2D eigenvalue weighted by atomic mass is 16.2. The number of amides is 1. The number of carbonyl (C=O) groups excluding carboxylic acids is 1. The second-order valence-electron chi connectivity index (χ2n) is 3.38. The summed E-state index contributed by atoms with van der Waals surface area (Å²) in [6.45, 7) is 5.92. The third kappa shape index (κ3) is 1.77. The van der Waals surface area contributed by atoms with Gasteiger partial charge in [-0.3, -0.25) is 15.0 Å². The van der Waals surface area contributed by atoms with Crippen molar-refractivity contribution in [3.63, 3.8) is 0 Å². The summed E-state index contributed by atoms with van der Waals surface area (Å²) in [6, 6.07) is 2.67. The minimum atomic E-state index is -0.0191. The molecule has 0 radical (unpaired) electrons. The lowest BCUT2D eigenvalue weighted by atomic mass is 9.97. The lowest BCUT2D eigenvalue weighted by molar-refractivity contribution is -0.129. The topological polar surface area (TPSA) is 32.3 Å². The summed E-state index contributed by atoms with van der Waals surface area (Å²) in [5, 5.41) is 2.37. The van der Waals surface area contributed by atoms with Gasteiger partial charge in [0.1, 0.15) is 0 Å². The molecular weight excluding hydrogens is 152 g/mol. The Morgan fingerprint density at radius 3 is 2.67 bits per heavy atom. The molecule has 66 valence electrons. The number of nitrogens with one attached hydrogen (secondary N) is 1. The first-order valence-corrected chi connectivity index (χ1v) is 4.14. The third-order valence-electron chi connectivity index (χ3n) is 2.21. The molecule has 0 aromatic heterocycles. The number of likely N-dealkylation sites (tertiary alicyclic amines) is 1. The minimum Gasteiger partial charge on any atom is -0.299 e. The third-order valence-corrected chi connectivity index (χ3v) is 2.21. The Hall–Kier alpha value is -1.01. The van der Waals surface area contributed by atoms with E-state index in [9.17, 15) is 4.79 Å². The van der Waals surface area contributed by atoms with Crippen LogP contribution < -0.4 is 5.32 Å². The van der Waals surface area contributed by atoms with Crippen LogP contribution >= 0.6 is 0 Å². The zero-order valence-corrected chi connectivity index (χ0v) is 7.50. The molecule has 1 amide bonds. The van der Waals surface area contributed by atoms with Crippen molar-refractivity contribution in [3.05, 3.63) is 0 Å². The van der Waals surface area contributed by atoms with E-state index in [-0.39, 0.29) is 11.8 Å². The van der Waals surface area contributed by atoms with Gasteiger partial charge in [0.15, 0.2) is 0 Å². The van der Waals surface area contributed by atoms with Crippen LogP contribution in [0.4, 0.5) is 0 Å². The standard InChI is InChI=1S/C9H14N2O/c1-4-10-9(12)8-5-11(6-8)7(2)3/h1,7-8H,5-6H2,2-3H3,(H,10,12). The van der Waals surface area contributed by atoms with Crippen LogP contribution in [0, 0.1) is 18.4 Å². The molecule has 1 aliphatic heterocycles. The van der Waals surface area contributed by atoms with Gasteiger partial charge in [0.25, 0.3) is 0 Å². The molecule has 0 atom stereocenters. The fraction of sp³-hybridized carbons (Fsp3) is 0.667. The number of hydrogen-bond acceptors (Lipinski definition) is 2. The van der Waals surface area contributed by atoms with Crippen molar-refractivity contribution in [1.29, 1.82) is 0 Å². The Labute approximate surface area is 73.1 Å². The Bertz CT molecular complexity index is 211. The number of hydrogen-bond donors (Lipinski definition) is 1. The average Bonchev–Trinajstić information content (AvgIpc) is 1.82. The highest BCUT2D eigenvalue weighted by Crippen LogP contribution is 2.17. The van der Waals surface area contributed by atoms with Gasteiger partial charge >= 0.3 is 0 Å². The highest BCUT2D eigenvalue weighted by Gasteiger charge is 2.33. The molecule has 1 aliphatic rings. The maximum absolute atomic E-state index is 11.1. The van der Waals surface area contributed by atoms with Gasteiger partial charge in [-0.25, -0.2) is 0 Å². The first kappa shape index (κ1) is 9.08. The van der Waals surface area contributed by atoms with Gasteiger partial charge in [-0.1, -0.05) is 6.42 Å².